The van der Waals surface area contributed by atoms with Crippen LogP contribution in [0.5, 0.6) is 5.75 Å². The molecule has 112 valence electrons. The highest BCUT2D eigenvalue weighted by Crippen LogP contribution is 2.42. The first-order chi connectivity index (χ1) is 9.85. The van der Waals surface area contributed by atoms with Gasteiger partial charge in [-0.2, -0.15) is 0 Å². The van der Waals surface area contributed by atoms with Crippen molar-refractivity contribution < 1.29 is 13.5 Å². The molecule has 2 aromatic carbocycles. The number of hydrogen-bond donors (Lipinski definition) is 0. The maximum atomic E-state index is 13.4. The molecule has 0 saturated carbocycles. The smallest absolute Gasteiger partial charge is 0.127 e. The molecule has 0 N–H and O–H groups in total. The van der Waals surface area contributed by atoms with Crippen LogP contribution in [-0.2, 0) is 0 Å². The Labute approximate surface area is 136 Å². The number of methoxy groups -OCH3 is 1. The summed E-state index contributed by atoms with van der Waals surface area (Å²) in [6, 6.07) is 5.21. The fourth-order valence-corrected chi connectivity index (χ4v) is 3.29. The lowest BCUT2D eigenvalue weighted by Crippen LogP contribution is -2.04. The maximum absolute atomic E-state index is 13.4. The Hall–Kier alpha value is -1.13. The molecule has 0 fully saturated rings. The molecule has 21 heavy (non-hydrogen) atoms. The molecular weight excluding hydrogens is 362 g/mol. The molecule has 2 aromatic rings. The van der Waals surface area contributed by atoms with Gasteiger partial charge in [0.25, 0.3) is 0 Å². The van der Waals surface area contributed by atoms with Crippen LogP contribution in [0.2, 0.25) is 0 Å². The molecule has 0 saturated heterocycles. The lowest BCUT2D eigenvalue weighted by molar-refractivity contribution is 0.406. The van der Waals surface area contributed by atoms with E-state index in [-0.39, 0.29) is 0 Å². The average Bonchev–Trinajstić information content (AvgIpc) is 2.40. The van der Waals surface area contributed by atoms with Gasteiger partial charge in [0, 0.05) is 16.1 Å². The van der Waals surface area contributed by atoms with Crippen LogP contribution < -0.4 is 4.74 Å². The van der Waals surface area contributed by atoms with Crippen LogP contribution >= 0.6 is 27.5 Å². The SMILES string of the molecule is COc1c(C)cc(Br)c(C)c1C(Cl)c1cc(F)cc(F)c1. The third-order valence-electron chi connectivity index (χ3n) is 3.34. The quantitative estimate of drug-likeness (QED) is 0.627. The minimum Gasteiger partial charge on any atom is -0.496 e. The summed E-state index contributed by atoms with van der Waals surface area (Å²) in [5.74, 6) is -0.682. The van der Waals surface area contributed by atoms with Gasteiger partial charge in [-0.3, -0.25) is 0 Å². The monoisotopic (exact) mass is 374 g/mol. The Morgan fingerprint density at radius 3 is 2.19 bits per heavy atom. The molecule has 1 atom stereocenters. The number of halogens is 4. The zero-order valence-electron chi connectivity index (χ0n) is 11.8. The summed E-state index contributed by atoms with van der Waals surface area (Å²) in [4.78, 5) is 0. The predicted octanol–water partition coefficient (Wildman–Crippen LogP) is 5.68. The van der Waals surface area contributed by atoms with Gasteiger partial charge in [-0.15, -0.1) is 11.6 Å². The van der Waals surface area contributed by atoms with Crippen LogP contribution in [0.25, 0.3) is 0 Å². The highest BCUT2D eigenvalue weighted by atomic mass is 79.9. The van der Waals surface area contributed by atoms with Crippen molar-refractivity contribution in [1.82, 2.24) is 0 Å². The molecule has 1 unspecified atom stereocenters. The van der Waals surface area contributed by atoms with Gasteiger partial charge in [-0.25, -0.2) is 8.78 Å². The van der Waals surface area contributed by atoms with Gasteiger partial charge >= 0.3 is 0 Å². The van der Waals surface area contributed by atoms with Gasteiger partial charge in [0.15, 0.2) is 0 Å². The third-order valence-corrected chi connectivity index (χ3v) is 4.64. The molecule has 5 heteroatoms. The van der Waals surface area contributed by atoms with E-state index in [1.165, 1.54) is 12.1 Å². The molecule has 0 aromatic heterocycles. The Balaban J connectivity index is 2.64. The lowest BCUT2D eigenvalue weighted by Gasteiger charge is -2.20. The molecule has 0 aliphatic rings. The van der Waals surface area contributed by atoms with Crippen molar-refractivity contribution in [3.05, 3.63) is 62.6 Å². The number of rotatable bonds is 3. The summed E-state index contributed by atoms with van der Waals surface area (Å²) in [6.45, 7) is 3.77. The van der Waals surface area contributed by atoms with Gasteiger partial charge in [-0.1, -0.05) is 15.9 Å². The van der Waals surface area contributed by atoms with Crippen LogP contribution in [0.1, 0.15) is 27.6 Å². The van der Waals surface area contributed by atoms with Crippen molar-refractivity contribution in [2.24, 2.45) is 0 Å². The predicted molar refractivity (Wildman–Crippen MR) is 84.2 cm³/mol. The molecule has 0 radical (unpaired) electrons. The number of alkyl halides is 1. The second kappa shape index (κ2) is 6.32. The Bertz CT molecular complexity index is 668. The molecule has 0 spiro atoms. The van der Waals surface area contributed by atoms with Crippen LogP contribution in [0, 0.1) is 25.5 Å². The molecule has 0 bridgehead atoms. The molecular formula is C16H14BrClF2O. The first kappa shape index (κ1) is 16.2. The van der Waals surface area contributed by atoms with Gasteiger partial charge in [0.05, 0.1) is 12.5 Å². The summed E-state index contributed by atoms with van der Waals surface area (Å²) < 4.78 is 33.1. The summed E-state index contributed by atoms with van der Waals surface area (Å²) in [7, 11) is 1.55. The zero-order chi connectivity index (χ0) is 15.7. The minimum atomic E-state index is -0.707. The van der Waals surface area contributed by atoms with Crippen molar-refractivity contribution in [2.75, 3.05) is 7.11 Å². The molecule has 0 amide bonds. The Morgan fingerprint density at radius 2 is 1.67 bits per heavy atom. The molecule has 2 rings (SSSR count). The van der Waals surface area contributed by atoms with E-state index in [9.17, 15) is 8.78 Å². The molecule has 1 nitrogen and oxygen atoms in total. The van der Waals surface area contributed by atoms with Crippen LogP contribution in [0.15, 0.2) is 28.7 Å². The van der Waals surface area contributed by atoms with Gasteiger partial charge in [0.1, 0.15) is 17.4 Å². The van der Waals surface area contributed by atoms with Crippen molar-refractivity contribution in [2.45, 2.75) is 19.2 Å². The van der Waals surface area contributed by atoms with E-state index in [0.717, 1.165) is 21.7 Å². The topological polar surface area (TPSA) is 9.23 Å². The number of aryl methyl sites for hydroxylation is 1. The standard InChI is InChI=1S/C16H14BrClF2O/c1-8-4-13(17)9(2)14(16(8)21-3)15(18)10-5-11(19)7-12(20)6-10/h4-7,15H,1-3H3. The largest absolute Gasteiger partial charge is 0.496 e. The van der Waals surface area contributed by atoms with Gasteiger partial charge in [-0.05, 0) is 48.7 Å². The summed E-state index contributed by atoms with van der Waals surface area (Å²) in [5, 5.41) is -0.707. The van der Waals surface area contributed by atoms with Gasteiger partial charge < -0.3 is 4.74 Å². The van der Waals surface area contributed by atoms with E-state index in [1.807, 2.05) is 19.9 Å². The highest BCUT2D eigenvalue weighted by molar-refractivity contribution is 9.10. The molecule has 0 heterocycles. The van der Waals surface area contributed by atoms with Crippen molar-refractivity contribution >= 4 is 27.5 Å². The summed E-state index contributed by atoms with van der Waals surface area (Å²) in [6.07, 6.45) is 0. The fraction of sp³-hybridized carbons (Fsp3) is 0.250. The van der Waals surface area contributed by atoms with E-state index >= 15 is 0 Å². The third kappa shape index (κ3) is 3.22. The van der Waals surface area contributed by atoms with E-state index in [4.69, 9.17) is 16.3 Å². The van der Waals surface area contributed by atoms with Crippen molar-refractivity contribution in [1.29, 1.82) is 0 Å². The van der Waals surface area contributed by atoms with Crippen LogP contribution in [0.3, 0.4) is 0 Å². The van der Waals surface area contributed by atoms with E-state index in [2.05, 4.69) is 15.9 Å². The lowest BCUT2D eigenvalue weighted by atomic mass is 9.96. The summed E-state index contributed by atoms with van der Waals surface area (Å²) >= 11 is 9.94. The second-order valence-electron chi connectivity index (χ2n) is 4.81. The minimum absolute atomic E-state index is 0.355. The first-order valence-electron chi connectivity index (χ1n) is 6.28. The van der Waals surface area contributed by atoms with E-state index < -0.39 is 17.0 Å². The van der Waals surface area contributed by atoms with Crippen LogP contribution in [0.4, 0.5) is 8.78 Å². The zero-order valence-corrected chi connectivity index (χ0v) is 14.1. The van der Waals surface area contributed by atoms with E-state index in [0.29, 0.717) is 16.9 Å². The fourth-order valence-electron chi connectivity index (χ4n) is 2.34. The Kier molecular flexibility index (Phi) is 4.89. The van der Waals surface area contributed by atoms with Crippen molar-refractivity contribution in [3.63, 3.8) is 0 Å². The van der Waals surface area contributed by atoms with Gasteiger partial charge in [0.2, 0.25) is 0 Å². The Morgan fingerprint density at radius 1 is 1.10 bits per heavy atom. The normalized spacial score (nSPS) is 12.3. The molecule has 0 aliphatic carbocycles. The molecule has 0 aliphatic heterocycles. The average molecular weight is 376 g/mol. The number of hydrogen-bond acceptors (Lipinski definition) is 1. The van der Waals surface area contributed by atoms with Crippen LogP contribution in [-0.4, -0.2) is 7.11 Å². The number of benzene rings is 2. The van der Waals surface area contributed by atoms with Crippen molar-refractivity contribution in [3.8, 4) is 5.75 Å². The first-order valence-corrected chi connectivity index (χ1v) is 7.51. The maximum Gasteiger partial charge on any atom is 0.127 e. The second-order valence-corrected chi connectivity index (χ2v) is 6.10. The van der Waals surface area contributed by atoms with E-state index in [1.54, 1.807) is 7.11 Å². The highest BCUT2D eigenvalue weighted by Gasteiger charge is 2.22. The number of ether oxygens (including phenoxy) is 1. The summed E-state index contributed by atoms with van der Waals surface area (Å²) in [5.41, 5.74) is 2.83.